The van der Waals surface area contributed by atoms with Gasteiger partial charge in [0.15, 0.2) is 9.84 Å². The Kier molecular flexibility index (Phi) is 7.42. The molecule has 1 aromatic heterocycles. The quantitative estimate of drug-likeness (QED) is 0.162. The van der Waals surface area contributed by atoms with Crippen molar-refractivity contribution in [3.05, 3.63) is 119 Å². The van der Waals surface area contributed by atoms with Crippen LogP contribution >= 0.6 is 0 Å². The van der Waals surface area contributed by atoms with Crippen LogP contribution in [-0.2, 0) is 21.4 Å². The fourth-order valence-corrected chi connectivity index (χ4v) is 5.39. The second kappa shape index (κ2) is 10.4. The van der Waals surface area contributed by atoms with Gasteiger partial charge in [0.05, 0.1) is 15.9 Å². The number of rotatable bonds is 7. The van der Waals surface area contributed by atoms with Crippen LogP contribution in [-0.4, -0.2) is 31.1 Å². The summed E-state index contributed by atoms with van der Waals surface area (Å²) in [6, 6.07) is 22.2. The zero-order valence-electron chi connectivity index (χ0n) is 20.6. The number of alkyl halides is 3. The van der Waals surface area contributed by atoms with E-state index >= 15 is 0 Å². The van der Waals surface area contributed by atoms with Crippen molar-refractivity contribution in [2.75, 3.05) is 6.26 Å². The highest BCUT2D eigenvalue weighted by atomic mass is 32.2. The Bertz CT molecular complexity index is 1570. The van der Waals surface area contributed by atoms with E-state index in [-0.39, 0.29) is 16.9 Å². The molecule has 3 aromatic carbocycles. The molecule has 0 spiro atoms. The average Bonchev–Trinajstić information content (AvgIpc) is 2.89. The molecule has 196 valence electrons. The highest BCUT2D eigenvalue weighted by molar-refractivity contribution is 7.90. The first-order valence-corrected chi connectivity index (χ1v) is 13.5. The SMILES string of the molecule is Cc1cc(C(C/C=N/O)(c2ccc(-c3ccc(S(C)(=O)=O)cc3)cc2)c2ccccc2C(F)(F)F)ccn1. The van der Waals surface area contributed by atoms with Gasteiger partial charge in [-0.25, -0.2) is 8.42 Å². The van der Waals surface area contributed by atoms with Gasteiger partial charge in [-0.3, -0.25) is 4.98 Å². The molecule has 4 aromatic rings. The number of sulfone groups is 1. The van der Waals surface area contributed by atoms with E-state index < -0.39 is 27.0 Å². The van der Waals surface area contributed by atoms with Gasteiger partial charge in [-0.05, 0) is 65.1 Å². The predicted molar refractivity (Wildman–Crippen MR) is 140 cm³/mol. The van der Waals surface area contributed by atoms with Crippen molar-refractivity contribution in [1.82, 2.24) is 4.98 Å². The van der Waals surface area contributed by atoms with Crippen LogP contribution < -0.4 is 0 Å². The summed E-state index contributed by atoms with van der Waals surface area (Å²) in [7, 11) is -3.35. The minimum atomic E-state index is -4.62. The van der Waals surface area contributed by atoms with Crippen molar-refractivity contribution in [2.24, 2.45) is 5.16 Å². The van der Waals surface area contributed by atoms with Gasteiger partial charge in [-0.1, -0.05) is 54.6 Å². The van der Waals surface area contributed by atoms with Crippen LogP contribution in [0.5, 0.6) is 0 Å². The van der Waals surface area contributed by atoms with Crippen molar-refractivity contribution in [2.45, 2.75) is 29.8 Å². The lowest BCUT2D eigenvalue weighted by Crippen LogP contribution is -2.33. The van der Waals surface area contributed by atoms with Gasteiger partial charge in [0.2, 0.25) is 0 Å². The van der Waals surface area contributed by atoms with Crippen molar-refractivity contribution < 1.29 is 26.8 Å². The average molecular weight is 539 g/mol. The summed E-state index contributed by atoms with van der Waals surface area (Å²) in [5.41, 5.74) is 1.12. The third-order valence-electron chi connectivity index (χ3n) is 6.55. The zero-order valence-corrected chi connectivity index (χ0v) is 21.5. The minimum Gasteiger partial charge on any atom is -0.411 e. The van der Waals surface area contributed by atoms with Crippen molar-refractivity contribution in [3.63, 3.8) is 0 Å². The number of oxime groups is 1. The lowest BCUT2D eigenvalue weighted by Gasteiger charge is -2.37. The van der Waals surface area contributed by atoms with E-state index in [1.807, 2.05) is 0 Å². The molecule has 1 atom stereocenters. The second-order valence-corrected chi connectivity index (χ2v) is 11.0. The largest absolute Gasteiger partial charge is 0.416 e. The third-order valence-corrected chi connectivity index (χ3v) is 7.68. The molecule has 0 aliphatic rings. The molecular formula is C29H25F3N2O3S. The van der Waals surface area contributed by atoms with Crippen LogP contribution in [0, 0.1) is 6.92 Å². The molecule has 0 amide bonds. The lowest BCUT2D eigenvalue weighted by atomic mass is 9.66. The highest BCUT2D eigenvalue weighted by Gasteiger charge is 2.43. The molecule has 1 unspecified atom stereocenters. The topological polar surface area (TPSA) is 79.6 Å². The van der Waals surface area contributed by atoms with Gasteiger partial charge >= 0.3 is 6.18 Å². The fraction of sp³-hybridized carbons (Fsp3) is 0.172. The molecule has 4 rings (SSSR count). The summed E-state index contributed by atoms with van der Waals surface area (Å²) in [4.78, 5) is 4.41. The number of nitrogens with zero attached hydrogens (tertiary/aromatic N) is 2. The van der Waals surface area contributed by atoms with E-state index in [1.54, 1.807) is 67.7 Å². The van der Waals surface area contributed by atoms with Crippen molar-refractivity contribution in [1.29, 1.82) is 0 Å². The number of halogens is 3. The molecule has 0 saturated carbocycles. The summed E-state index contributed by atoms with van der Waals surface area (Å²) in [5.74, 6) is 0. The van der Waals surface area contributed by atoms with Gasteiger partial charge in [0, 0.05) is 30.8 Å². The Balaban J connectivity index is 1.95. The molecule has 9 heteroatoms. The first-order chi connectivity index (χ1) is 18.0. The van der Waals surface area contributed by atoms with Crippen LogP contribution in [0.1, 0.15) is 34.4 Å². The number of hydrogen-bond acceptors (Lipinski definition) is 5. The molecule has 0 radical (unpaired) electrons. The summed E-state index contributed by atoms with van der Waals surface area (Å²) < 4.78 is 66.4. The molecule has 0 aliphatic heterocycles. The number of hydrogen-bond donors (Lipinski definition) is 1. The smallest absolute Gasteiger partial charge is 0.411 e. The Hall–Kier alpha value is -3.98. The van der Waals surface area contributed by atoms with Gasteiger partial charge in [0.25, 0.3) is 0 Å². The molecular weight excluding hydrogens is 513 g/mol. The second-order valence-electron chi connectivity index (χ2n) is 9.01. The summed E-state index contributed by atoms with van der Waals surface area (Å²) in [5, 5.41) is 12.5. The van der Waals surface area contributed by atoms with E-state index in [1.165, 1.54) is 30.5 Å². The number of benzene rings is 3. The van der Waals surface area contributed by atoms with E-state index in [9.17, 15) is 26.8 Å². The van der Waals surface area contributed by atoms with Crippen LogP contribution in [0.25, 0.3) is 11.1 Å². The molecule has 1 N–H and O–H groups in total. The molecule has 0 bridgehead atoms. The molecule has 1 heterocycles. The van der Waals surface area contributed by atoms with Crippen LogP contribution in [0.3, 0.4) is 0 Å². The number of pyridine rings is 1. The maximum Gasteiger partial charge on any atom is 0.416 e. The summed E-state index contributed by atoms with van der Waals surface area (Å²) in [6.07, 6.45) is -0.806. The van der Waals surface area contributed by atoms with E-state index in [0.29, 0.717) is 16.8 Å². The molecule has 38 heavy (non-hydrogen) atoms. The Morgan fingerprint density at radius 2 is 1.45 bits per heavy atom. The van der Waals surface area contributed by atoms with Crippen LogP contribution in [0.4, 0.5) is 13.2 Å². The molecule has 0 fully saturated rings. The van der Waals surface area contributed by atoms with Crippen LogP contribution in [0.2, 0.25) is 0 Å². The first kappa shape index (κ1) is 27.1. The van der Waals surface area contributed by atoms with Crippen LogP contribution in [0.15, 0.2) is 101 Å². The predicted octanol–water partition coefficient (Wildman–Crippen LogP) is 6.66. The van der Waals surface area contributed by atoms with Crippen molar-refractivity contribution >= 4 is 16.1 Å². The zero-order chi connectivity index (χ0) is 27.6. The Labute approximate surface area is 219 Å². The van der Waals surface area contributed by atoms with Gasteiger partial charge < -0.3 is 5.21 Å². The third kappa shape index (κ3) is 5.33. The molecule has 0 aliphatic carbocycles. The summed E-state index contributed by atoms with van der Waals surface area (Å²) >= 11 is 0. The summed E-state index contributed by atoms with van der Waals surface area (Å²) in [6.45, 7) is 1.76. The monoisotopic (exact) mass is 538 g/mol. The van der Waals surface area contributed by atoms with E-state index in [2.05, 4.69) is 10.1 Å². The Morgan fingerprint density at radius 3 is 1.97 bits per heavy atom. The molecule has 0 saturated heterocycles. The van der Waals surface area contributed by atoms with Gasteiger partial charge in [-0.15, -0.1) is 5.16 Å². The van der Waals surface area contributed by atoms with E-state index in [4.69, 9.17) is 0 Å². The Morgan fingerprint density at radius 1 is 0.868 bits per heavy atom. The maximum atomic E-state index is 14.3. The van der Waals surface area contributed by atoms with E-state index in [0.717, 1.165) is 23.4 Å². The first-order valence-electron chi connectivity index (χ1n) is 11.6. The van der Waals surface area contributed by atoms with Crippen molar-refractivity contribution in [3.8, 4) is 11.1 Å². The van der Waals surface area contributed by atoms with Gasteiger partial charge in [0.1, 0.15) is 0 Å². The number of aromatic nitrogens is 1. The fourth-order valence-electron chi connectivity index (χ4n) is 4.76. The standard InChI is InChI=1S/C29H25F3N2O3S/c1-20-19-24(15-17-33-20)28(16-18-34-35,26-5-3-4-6-27(26)29(30,31)32)23-11-7-21(8-12-23)22-9-13-25(14-10-22)38(2,36)37/h3-15,17-19,35H,16H2,1-2H3/b34-18+. The van der Waals surface area contributed by atoms with Gasteiger partial charge in [-0.2, -0.15) is 13.2 Å². The minimum absolute atomic E-state index is 0.0169. The normalized spacial score (nSPS) is 13.9. The molecule has 5 nitrogen and oxygen atoms in total. The number of aryl methyl sites for hydroxylation is 1. The lowest BCUT2D eigenvalue weighted by molar-refractivity contribution is -0.138. The maximum absolute atomic E-state index is 14.3. The highest BCUT2D eigenvalue weighted by Crippen LogP contribution is 2.47.